The number of sulfonamides is 1. The summed E-state index contributed by atoms with van der Waals surface area (Å²) in [5.74, 6) is -2.38. The van der Waals surface area contributed by atoms with Gasteiger partial charge in [0.05, 0.1) is 18.0 Å². The van der Waals surface area contributed by atoms with Gasteiger partial charge in [-0.05, 0) is 6.42 Å². The van der Waals surface area contributed by atoms with Crippen LogP contribution in [0.15, 0.2) is 17.3 Å². The van der Waals surface area contributed by atoms with Crippen LogP contribution in [0.25, 0.3) is 0 Å². The largest absolute Gasteiger partial charge is 0.393 e. The van der Waals surface area contributed by atoms with Gasteiger partial charge in [-0.2, -0.15) is 9.40 Å². The lowest BCUT2D eigenvalue weighted by molar-refractivity contribution is -0.153. The molecule has 2 aliphatic heterocycles. The monoisotopic (exact) mass is 299 g/mol. The summed E-state index contributed by atoms with van der Waals surface area (Å²) in [4.78, 5) is 23.1. The Morgan fingerprint density at radius 1 is 1.30 bits per heavy atom. The van der Waals surface area contributed by atoms with Crippen LogP contribution in [-0.4, -0.2) is 47.5 Å². The molecule has 3 heterocycles. The van der Waals surface area contributed by atoms with Crippen LogP contribution in [0, 0.1) is 11.8 Å². The van der Waals surface area contributed by atoms with Gasteiger partial charge in [0.2, 0.25) is 10.0 Å². The highest BCUT2D eigenvalue weighted by Crippen LogP contribution is 2.33. The fourth-order valence-corrected chi connectivity index (χ4v) is 4.06. The predicted octanol–water partition coefficient (Wildman–Crippen LogP) is -0.870. The number of fused-ring (bicyclic) bond motifs is 1. The minimum Gasteiger partial charge on any atom is -0.393 e. The van der Waals surface area contributed by atoms with Crippen molar-refractivity contribution in [1.29, 1.82) is 0 Å². The van der Waals surface area contributed by atoms with E-state index in [-0.39, 0.29) is 18.0 Å². The van der Waals surface area contributed by atoms with Crippen molar-refractivity contribution in [3.8, 4) is 0 Å². The second kappa shape index (κ2) is 4.38. The molecule has 108 valence electrons. The lowest BCUT2D eigenvalue weighted by Gasteiger charge is -2.30. The molecule has 3 rings (SSSR count). The van der Waals surface area contributed by atoms with E-state index in [0.29, 0.717) is 6.42 Å². The maximum atomic E-state index is 12.4. The Kier molecular flexibility index (Phi) is 2.91. The van der Waals surface area contributed by atoms with Crippen LogP contribution in [-0.2, 0) is 31.4 Å². The summed E-state index contributed by atoms with van der Waals surface area (Å²) in [5, 5.41) is 3.84. The predicted molar refractivity (Wildman–Crippen MR) is 64.7 cm³/mol. The average Bonchev–Trinajstić information content (AvgIpc) is 2.95. The zero-order valence-electron chi connectivity index (χ0n) is 10.7. The second-order valence-electron chi connectivity index (χ2n) is 4.95. The quantitative estimate of drug-likeness (QED) is 0.520. The summed E-state index contributed by atoms with van der Waals surface area (Å²) in [6, 6.07) is 0. The highest BCUT2D eigenvalue weighted by Gasteiger charge is 2.49. The van der Waals surface area contributed by atoms with Crippen molar-refractivity contribution >= 4 is 22.0 Å². The number of carbonyl (C=O) groups is 2. The molecule has 0 spiro atoms. The molecule has 0 N–H and O–H groups in total. The summed E-state index contributed by atoms with van der Waals surface area (Å²) < 4.78 is 32.0. The van der Waals surface area contributed by atoms with Crippen molar-refractivity contribution in [1.82, 2.24) is 14.1 Å². The smallest absolute Gasteiger partial charge is 0.318 e. The van der Waals surface area contributed by atoms with E-state index in [2.05, 4.69) is 9.84 Å². The van der Waals surface area contributed by atoms with E-state index in [9.17, 15) is 18.0 Å². The van der Waals surface area contributed by atoms with Crippen molar-refractivity contribution < 1.29 is 22.7 Å². The van der Waals surface area contributed by atoms with Crippen LogP contribution in [0.5, 0.6) is 0 Å². The topological polar surface area (TPSA) is 98.6 Å². The van der Waals surface area contributed by atoms with Crippen LogP contribution >= 0.6 is 0 Å². The lowest BCUT2D eigenvalue weighted by atomic mass is 9.89. The Labute approximate surface area is 115 Å². The van der Waals surface area contributed by atoms with E-state index in [1.165, 1.54) is 21.4 Å². The van der Waals surface area contributed by atoms with E-state index >= 15 is 0 Å². The summed E-state index contributed by atoms with van der Waals surface area (Å²) in [5.41, 5.74) is 0. The first-order chi connectivity index (χ1) is 9.39. The van der Waals surface area contributed by atoms with E-state index < -0.39 is 33.8 Å². The molecule has 1 aromatic rings. The number of aromatic nitrogens is 2. The first-order valence-electron chi connectivity index (χ1n) is 6.14. The third-order valence-corrected chi connectivity index (χ3v) is 5.52. The molecular weight excluding hydrogens is 286 g/mol. The first-order valence-corrected chi connectivity index (χ1v) is 7.58. The van der Waals surface area contributed by atoms with Crippen molar-refractivity contribution in [2.75, 3.05) is 13.1 Å². The van der Waals surface area contributed by atoms with E-state index in [4.69, 9.17) is 0 Å². The van der Waals surface area contributed by atoms with Crippen molar-refractivity contribution in [3.63, 3.8) is 0 Å². The molecule has 2 atom stereocenters. The van der Waals surface area contributed by atoms with Gasteiger partial charge in [-0.3, -0.25) is 14.3 Å². The van der Waals surface area contributed by atoms with E-state index in [1.807, 2.05) is 0 Å². The first kappa shape index (κ1) is 13.3. The van der Waals surface area contributed by atoms with E-state index in [1.54, 1.807) is 7.05 Å². The molecule has 0 radical (unpaired) electrons. The molecule has 0 saturated carbocycles. The molecule has 9 heteroatoms. The number of aryl methyl sites for hydroxylation is 1. The highest BCUT2D eigenvalue weighted by molar-refractivity contribution is 7.89. The fraction of sp³-hybridized carbons (Fsp3) is 0.545. The van der Waals surface area contributed by atoms with Crippen molar-refractivity contribution in [3.05, 3.63) is 12.4 Å². The minimum atomic E-state index is -3.69. The Bertz CT molecular complexity index is 680. The molecule has 0 amide bonds. The fourth-order valence-electron chi connectivity index (χ4n) is 2.59. The molecule has 8 nitrogen and oxygen atoms in total. The summed E-state index contributed by atoms with van der Waals surface area (Å²) in [6.07, 6.45) is 2.97. The van der Waals surface area contributed by atoms with Gasteiger partial charge in [0.1, 0.15) is 4.90 Å². The summed E-state index contributed by atoms with van der Waals surface area (Å²) in [7, 11) is -2.07. The van der Waals surface area contributed by atoms with Crippen molar-refractivity contribution in [2.24, 2.45) is 18.9 Å². The second-order valence-corrected chi connectivity index (χ2v) is 6.89. The molecule has 0 aliphatic carbocycles. The highest BCUT2D eigenvalue weighted by atomic mass is 32.2. The number of cyclic esters (lactones) is 2. The third kappa shape index (κ3) is 1.93. The Hall–Kier alpha value is -1.74. The van der Waals surface area contributed by atoms with Gasteiger partial charge in [0.15, 0.2) is 0 Å². The molecule has 2 saturated heterocycles. The van der Waals surface area contributed by atoms with Gasteiger partial charge >= 0.3 is 11.9 Å². The number of rotatable bonds is 2. The van der Waals surface area contributed by atoms with Gasteiger partial charge < -0.3 is 4.74 Å². The molecule has 2 fully saturated rings. The van der Waals surface area contributed by atoms with Gasteiger partial charge in [0.25, 0.3) is 0 Å². The molecule has 2 unspecified atom stereocenters. The van der Waals surface area contributed by atoms with Crippen LogP contribution < -0.4 is 0 Å². The van der Waals surface area contributed by atoms with Gasteiger partial charge in [-0.1, -0.05) is 0 Å². The molecule has 0 aromatic carbocycles. The molecule has 0 bridgehead atoms. The lowest BCUT2D eigenvalue weighted by Crippen LogP contribution is -2.44. The number of carbonyl (C=O) groups excluding carboxylic acids is 2. The number of hydrogen-bond acceptors (Lipinski definition) is 6. The Morgan fingerprint density at radius 3 is 2.65 bits per heavy atom. The standard InChI is InChI=1S/C11H13N3O5S/c1-13-5-7(4-12-13)20(17,18)14-3-2-8-9(6-14)11(16)19-10(8)15/h4-5,8-9H,2-3,6H2,1H3. The zero-order chi connectivity index (χ0) is 14.5. The number of ether oxygens (including phenoxy) is 1. The number of esters is 2. The molecule has 1 aromatic heterocycles. The molecule has 20 heavy (non-hydrogen) atoms. The van der Waals surface area contributed by atoms with Crippen LogP contribution in [0.4, 0.5) is 0 Å². The van der Waals surface area contributed by atoms with Crippen LogP contribution in [0.3, 0.4) is 0 Å². The average molecular weight is 299 g/mol. The maximum Gasteiger partial charge on any atom is 0.318 e. The van der Waals surface area contributed by atoms with Crippen LogP contribution in [0.2, 0.25) is 0 Å². The third-order valence-electron chi connectivity index (χ3n) is 3.70. The Morgan fingerprint density at radius 2 is 2.00 bits per heavy atom. The Balaban J connectivity index is 1.86. The van der Waals surface area contributed by atoms with Crippen molar-refractivity contribution in [2.45, 2.75) is 11.3 Å². The normalized spacial score (nSPS) is 27.4. The van der Waals surface area contributed by atoms with Crippen LogP contribution in [0.1, 0.15) is 6.42 Å². The SMILES string of the molecule is Cn1cc(S(=O)(=O)N2CCC3C(=O)OC(=O)C3C2)cn1. The number of nitrogens with zero attached hydrogens (tertiary/aromatic N) is 3. The summed E-state index contributed by atoms with van der Waals surface area (Å²) in [6.45, 7) is 0.174. The minimum absolute atomic E-state index is 0.0214. The number of piperidine rings is 1. The van der Waals surface area contributed by atoms with E-state index in [0.717, 1.165) is 0 Å². The zero-order valence-corrected chi connectivity index (χ0v) is 11.5. The number of hydrogen-bond donors (Lipinski definition) is 0. The molecule has 2 aliphatic rings. The van der Waals surface area contributed by atoms with Gasteiger partial charge in [-0.15, -0.1) is 0 Å². The van der Waals surface area contributed by atoms with Gasteiger partial charge in [0, 0.05) is 26.3 Å². The summed E-state index contributed by atoms with van der Waals surface area (Å²) >= 11 is 0. The molecular formula is C11H13N3O5S. The van der Waals surface area contributed by atoms with Gasteiger partial charge in [-0.25, -0.2) is 8.42 Å². The maximum absolute atomic E-state index is 12.4.